The average Bonchev–Trinajstić information content (AvgIpc) is 2.75. The smallest absolute Gasteiger partial charge is 0.0242 e. The lowest BCUT2D eigenvalue weighted by Gasteiger charge is -2.56. The van der Waals surface area contributed by atoms with Gasteiger partial charge in [-0.2, -0.15) is 0 Å². The van der Waals surface area contributed by atoms with Gasteiger partial charge in [0.1, 0.15) is 0 Å². The predicted octanol–water partition coefficient (Wildman–Crippen LogP) is 2.56. The van der Waals surface area contributed by atoms with Gasteiger partial charge in [-0.3, -0.25) is 0 Å². The molecule has 4 aliphatic rings. The first kappa shape index (κ1) is 8.15. The lowest BCUT2D eigenvalue weighted by molar-refractivity contribution is -0.0231. The molecule has 4 rings (SSSR count). The molecule has 0 saturated heterocycles. The molecule has 0 aromatic heterocycles. The normalized spacial score (nSPS) is 61.3. The van der Waals surface area contributed by atoms with E-state index in [2.05, 4.69) is 19.3 Å². The van der Waals surface area contributed by atoms with Gasteiger partial charge in [-0.05, 0) is 68.7 Å². The Balaban J connectivity index is 1.83. The first-order valence-corrected chi connectivity index (χ1v) is 6.39. The summed E-state index contributed by atoms with van der Waals surface area (Å²) in [7, 11) is 2.21. The molecule has 4 unspecified atom stereocenters. The van der Waals surface area contributed by atoms with Gasteiger partial charge in [0.25, 0.3) is 0 Å². The second-order valence-electron chi connectivity index (χ2n) is 6.54. The minimum Gasteiger partial charge on any atom is -0.314 e. The summed E-state index contributed by atoms with van der Waals surface area (Å²) < 4.78 is 0. The predicted molar refractivity (Wildman–Crippen MR) is 57.0 cm³/mol. The van der Waals surface area contributed by atoms with Crippen LogP contribution in [-0.2, 0) is 0 Å². The Morgan fingerprint density at radius 2 is 1.93 bits per heavy atom. The van der Waals surface area contributed by atoms with Gasteiger partial charge in [-0.1, -0.05) is 6.42 Å². The van der Waals surface area contributed by atoms with E-state index in [0.717, 1.165) is 22.7 Å². The van der Waals surface area contributed by atoms with Crippen LogP contribution in [0.25, 0.3) is 0 Å². The first-order chi connectivity index (χ1) is 6.70. The highest BCUT2D eigenvalue weighted by atomic mass is 15.1. The quantitative estimate of drug-likeness (QED) is 0.671. The monoisotopic (exact) mass is 191 g/mol. The van der Waals surface area contributed by atoms with Crippen molar-refractivity contribution in [2.45, 2.75) is 51.0 Å². The van der Waals surface area contributed by atoms with Crippen LogP contribution in [0.2, 0.25) is 0 Å². The van der Waals surface area contributed by atoms with Crippen LogP contribution >= 0.6 is 0 Å². The molecule has 78 valence electrons. The van der Waals surface area contributed by atoms with Crippen LogP contribution in [0.5, 0.6) is 0 Å². The van der Waals surface area contributed by atoms with E-state index in [1.165, 1.54) is 25.7 Å². The topological polar surface area (TPSA) is 12.0 Å². The second kappa shape index (κ2) is 1.93. The van der Waals surface area contributed by atoms with E-state index in [0.29, 0.717) is 5.54 Å². The fraction of sp³-hybridized carbons (Fsp3) is 1.00. The summed E-state index contributed by atoms with van der Waals surface area (Å²) >= 11 is 0. The number of hydrogen-bond acceptors (Lipinski definition) is 1. The van der Waals surface area contributed by atoms with Crippen LogP contribution in [0.3, 0.4) is 0 Å². The lowest BCUT2D eigenvalue weighted by Crippen LogP contribution is -2.61. The molecule has 0 aromatic carbocycles. The van der Waals surface area contributed by atoms with Crippen molar-refractivity contribution < 1.29 is 0 Å². The molecule has 0 amide bonds. The van der Waals surface area contributed by atoms with Crippen LogP contribution in [0.15, 0.2) is 0 Å². The molecule has 4 saturated carbocycles. The molecule has 4 fully saturated rings. The third kappa shape index (κ3) is 0.512. The van der Waals surface area contributed by atoms with E-state index in [9.17, 15) is 0 Å². The Kier molecular flexibility index (Phi) is 1.13. The molecular formula is C13H21N. The number of nitrogens with one attached hydrogen (secondary N) is 1. The summed E-state index contributed by atoms with van der Waals surface area (Å²) in [6, 6.07) is 0. The number of rotatable bonds is 1. The molecule has 14 heavy (non-hydrogen) atoms. The summed E-state index contributed by atoms with van der Waals surface area (Å²) in [6.07, 6.45) is 9.20. The molecule has 0 aliphatic heterocycles. The Bertz CT molecular complexity index is 304. The molecule has 0 bridgehead atoms. The Hall–Kier alpha value is -0.0400. The zero-order valence-corrected chi connectivity index (χ0v) is 9.40. The van der Waals surface area contributed by atoms with Crippen LogP contribution in [0.1, 0.15) is 45.4 Å². The summed E-state index contributed by atoms with van der Waals surface area (Å²) in [5.74, 6) is 2.16. The average molecular weight is 191 g/mol. The maximum absolute atomic E-state index is 3.72. The fourth-order valence-corrected chi connectivity index (χ4v) is 5.81. The van der Waals surface area contributed by atoms with Gasteiger partial charge in [0.2, 0.25) is 0 Å². The molecule has 0 aromatic rings. The summed E-state index contributed by atoms with van der Waals surface area (Å²) in [5, 5.41) is 3.72. The van der Waals surface area contributed by atoms with E-state index in [1.807, 2.05) is 0 Å². The standard InChI is InChI=1S/C13H21N/c1-11(14-2)9-4-7-12(9)8-10(12)13(11)5-3-6-13/h9-10,14H,3-8H2,1-2H3. The second-order valence-corrected chi connectivity index (χ2v) is 6.54. The van der Waals surface area contributed by atoms with Crippen molar-refractivity contribution >= 4 is 0 Å². The van der Waals surface area contributed by atoms with Gasteiger partial charge in [0.15, 0.2) is 0 Å². The molecule has 0 radical (unpaired) electrons. The van der Waals surface area contributed by atoms with E-state index < -0.39 is 0 Å². The highest BCUT2D eigenvalue weighted by Crippen LogP contribution is 2.87. The SMILES string of the molecule is CNC1(C)C2CCC23CC3C12CCC2. The molecular weight excluding hydrogens is 170 g/mol. The Labute approximate surface area is 86.6 Å². The van der Waals surface area contributed by atoms with Crippen LogP contribution in [-0.4, -0.2) is 12.6 Å². The third-order valence-electron chi connectivity index (χ3n) is 6.87. The first-order valence-electron chi connectivity index (χ1n) is 6.39. The van der Waals surface area contributed by atoms with Gasteiger partial charge in [0, 0.05) is 5.54 Å². The van der Waals surface area contributed by atoms with Gasteiger partial charge < -0.3 is 5.32 Å². The largest absolute Gasteiger partial charge is 0.314 e. The van der Waals surface area contributed by atoms with Crippen LogP contribution in [0.4, 0.5) is 0 Å². The van der Waals surface area contributed by atoms with Crippen molar-refractivity contribution in [3.63, 3.8) is 0 Å². The van der Waals surface area contributed by atoms with E-state index >= 15 is 0 Å². The lowest BCUT2D eigenvalue weighted by atomic mass is 9.53. The molecule has 1 nitrogen and oxygen atoms in total. The van der Waals surface area contributed by atoms with Gasteiger partial charge in [-0.25, -0.2) is 0 Å². The third-order valence-corrected chi connectivity index (χ3v) is 6.87. The van der Waals surface area contributed by atoms with Gasteiger partial charge >= 0.3 is 0 Å². The van der Waals surface area contributed by atoms with Crippen LogP contribution < -0.4 is 5.32 Å². The molecule has 2 spiro atoms. The Morgan fingerprint density at radius 3 is 2.36 bits per heavy atom. The van der Waals surface area contributed by atoms with Crippen molar-refractivity contribution in [3.05, 3.63) is 0 Å². The van der Waals surface area contributed by atoms with Gasteiger partial charge in [-0.15, -0.1) is 0 Å². The maximum Gasteiger partial charge on any atom is 0.0242 e. The summed E-state index contributed by atoms with van der Waals surface area (Å²) in [4.78, 5) is 0. The van der Waals surface area contributed by atoms with Crippen molar-refractivity contribution in [1.82, 2.24) is 5.32 Å². The van der Waals surface area contributed by atoms with Crippen molar-refractivity contribution in [1.29, 1.82) is 0 Å². The molecule has 1 heteroatoms. The molecule has 1 N–H and O–H groups in total. The summed E-state index contributed by atoms with van der Waals surface area (Å²) in [5.41, 5.74) is 2.10. The van der Waals surface area contributed by atoms with E-state index in [4.69, 9.17) is 0 Å². The van der Waals surface area contributed by atoms with E-state index in [-0.39, 0.29) is 0 Å². The molecule has 4 atom stereocenters. The fourth-order valence-electron chi connectivity index (χ4n) is 5.81. The minimum absolute atomic E-state index is 0.506. The highest BCUT2D eigenvalue weighted by molar-refractivity contribution is 5.35. The maximum atomic E-state index is 3.72. The Morgan fingerprint density at radius 1 is 1.14 bits per heavy atom. The zero-order chi connectivity index (χ0) is 9.60. The van der Waals surface area contributed by atoms with Gasteiger partial charge in [0.05, 0.1) is 0 Å². The van der Waals surface area contributed by atoms with E-state index in [1.54, 1.807) is 12.8 Å². The minimum atomic E-state index is 0.506. The van der Waals surface area contributed by atoms with Crippen molar-refractivity contribution in [3.8, 4) is 0 Å². The molecule has 0 heterocycles. The molecule has 4 aliphatic carbocycles. The highest BCUT2D eigenvalue weighted by Gasteiger charge is 2.83. The number of fused-ring (bicyclic) bond motifs is 1. The zero-order valence-electron chi connectivity index (χ0n) is 9.40. The van der Waals surface area contributed by atoms with Crippen molar-refractivity contribution in [2.75, 3.05) is 7.05 Å². The number of hydrogen-bond donors (Lipinski definition) is 1. The van der Waals surface area contributed by atoms with Crippen molar-refractivity contribution in [2.24, 2.45) is 22.7 Å². The van der Waals surface area contributed by atoms with Crippen LogP contribution in [0, 0.1) is 22.7 Å². The summed E-state index contributed by atoms with van der Waals surface area (Å²) in [6.45, 7) is 2.53.